The summed E-state index contributed by atoms with van der Waals surface area (Å²) >= 11 is 12.1. The van der Waals surface area contributed by atoms with Crippen LogP contribution < -0.4 is 4.74 Å². The number of pyridine rings is 1. The third-order valence-corrected chi connectivity index (χ3v) is 7.70. The van der Waals surface area contributed by atoms with Gasteiger partial charge in [0.2, 0.25) is 5.13 Å². The Morgan fingerprint density at radius 2 is 2.11 bits per heavy atom. The molecule has 2 aromatic rings. The highest BCUT2D eigenvalue weighted by molar-refractivity contribution is 6.32. The van der Waals surface area contributed by atoms with Crippen molar-refractivity contribution >= 4 is 40.1 Å². The van der Waals surface area contributed by atoms with Gasteiger partial charge in [0, 0.05) is 42.2 Å². The molecule has 37 heavy (non-hydrogen) atoms. The molecule has 1 N–H and O–H groups in total. The van der Waals surface area contributed by atoms with Gasteiger partial charge in [-0.05, 0) is 50.0 Å². The SMILES string of the molecule is COc1ccc2ncc(Cl)c(C(F)CCC3(C(=O)O)CCN(CC#CC4=CC=CC(F)(Cl)C4)CC3)c2c1. The van der Waals surface area contributed by atoms with Crippen LogP contribution in [0.15, 0.2) is 48.2 Å². The molecule has 0 amide bonds. The van der Waals surface area contributed by atoms with Gasteiger partial charge in [0.25, 0.3) is 0 Å². The number of alkyl halides is 3. The molecule has 2 aliphatic rings. The zero-order chi connectivity index (χ0) is 26.6. The fourth-order valence-corrected chi connectivity index (χ4v) is 5.38. The lowest BCUT2D eigenvalue weighted by molar-refractivity contribution is -0.152. The number of hydrogen-bond donors (Lipinski definition) is 1. The normalized spacial score (nSPS) is 22.1. The number of halogens is 4. The fraction of sp³-hybridized carbons (Fsp3) is 0.429. The molecule has 0 bridgehead atoms. The minimum Gasteiger partial charge on any atom is -0.497 e. The topological polar surface area (TPSA) is 62.7 Å². The number of aliphatic carboxylic acids is 1. The Kier molecular flexibility index (Phi) is 8.42. The highest BCUT2D eigenvalue weighted by Gasteiger charge is 2.41. The standard InChI is InChI=1S/C28H28Cl2F2N2O3/c1-37-20-6-7-24-21(16-20)25(22(29)18-33-24)23(31)8-10-27(26(35)36)11-14-34(15-12-27)13-3-5-19-4-2-9-28(30,32)17-19/h2,4,6-7,9,16,18,23H,8,10-15,17H2,1H3,(H,35,36). The van der Waals surface area contributed by atoms with E-state index >= 15 is 4.39 Å². The number of nitrogens with zero attached hydrogens (tertiary/aromatic N) is 2. The van der Waals surface area contributed by atoms with E-state index < -0.39 is 22.7 Å². The van der Waals surface area contributed by atoms with Gasteiger partial charge in [-0.15, -0.1) is 0 Å². The molecule has 0 saturated carbocycles. The second kappa shape index (κ2) is 11.4. The molecule has 196 valence electrons. The van der Waals surface area contributed by atoms with Crippen molar-refractivity contribution < 1.29 is 23.4 Å². The molecule has 0 radical (unpaired) electrons. The molecule has 5 nitrogen and oxygen atoms in total. The first-order chi connectivity index (χ1) is 17.6. The van der Waals surface area contributed by atoms with Crippen LogP contribution in [-0.2, 0) is 4.79 Å². The molecule has 1 aromatic heterocycles. The Hall–Kier alpha value is -2.66. The zero-order valence-corrected chi connectivity index (χ0v) is 22.0. The van der Waals surface area contributed by atoms with E-state index in [0.717, 1.165) is 0 Å². The summed E-state index contributed by atoms with van der Waals surface area (Å²) in [6, 6.07) is 5.18. The summed E-state index contributed by atoms with van der Waals surface area (Å²) in [5, 5.41) is 8.92. The average molecular weight is 549 g/mol. The Labute approximate surface area is 225 Å². The number of ether oxygens (including phenoxy) is 1. The molecule has 2 unspecified atom stereocenters. The van der Waals surface area contributed by atoms with Crippen molar-refractivity contribution in [1.29, 1.82) is 0 Å². The van der Waals surface area contributed by atoms with Gasteiger partial charge in [-0.25, -0.2) is 8.78 Å². The van der Waals surface area contributed by atoms with E-state index in [4.69, 9.17) is 27.9 Å². The summed E-state index contributed by atoms with van der Waals surface area (Å²) in [4.78, 5) is 18.6. The van der Waals surface area contributed by atoms with Crippen LogP contribution in [0, 0.1) is 17.3 Å². The highest BCUT2D eigenvalue weighted by atomic mass is 35.5. The van der Waals surface area contributed by atoms with Gasteiger partial charge in [0.05, 0.1) is 29.6 Å². The van der Waals surface area contributed by atoms with Crippen LogP contribution in [0.2, 0.25) is 5.02 Å². The number of aromatic nitrogens is 1. The summed E-state index contributed by atoms with van der Waals surface area (Å²) in [6.45, 7) is 1.48. The monoisotopic (exact) mass is 548 g/mol. The number of hydrogen-bond acceptors (Lipinski definition) is 4. The highest BCUT2D eigenvalue weighted by Crippen LogP contribution is 2.42. The van der Waals surface area contributed by atoms with Crippen LogP contribution in [0.1, 0.15) is 43.8 Å². The first-order valence-corrected chi connectivity index (χ1v) is 12.9. The summed E-state index contributed by atoms with van der Waals surface area (Å²) in [5.41, 5.74) is 0.490. The molecule has 1 aliphatic carbocycles. The molecule has 4 rings (SSSR count). The van der Waals surface area contributed by atoms with Crippen LogP contribution >= 0.6 is 23.2 Å². The van der Waals surface area contributed by atoms with Crippen molar-refractivity contribution in [2.24, 2.45) is 5.41 Å². The van der Waals surface area contributed by atoms with Gasteiger partial charge >= 0.3 is 5.97 Å². The number of benzene rings is 1. The van der Waals surface area contributed by atoms with Gasteiger partial charge in [0.15, 0.2) is 0 Å². The number of carboxylic acid groups (broad SMARTS) is 1. The third kappa shape index (κ3) is 6.43. The largest absolute Gasteiger partial charge is 0.497 e. The van der Waals surface area contributed by atoms with Crippen LogP contribution in [0.3, 0.4) is 0 Å². The Bertz CT molecular complexity index is 1290. The first-order valence-electron chi connectivity index (χ1n) is 12.1. The number of likely N-dealkylation sites (tertiary alicyclic amines) is 1. The van der Waals surface area contributed by atoms with E-state index in [1.54, 1.807) is 30.4 Å². The van der Waals surface area contributed by atoms with Crippen LogP contribution in [0.5, 0.6) is 5.75 Å². The Morgan fingerprint density at radius 1 is 1.35 bits per heavy atom. The zero-order valence-electron chi connectivity index (χ0n) is 20.4. The maximum absolute atomic E-state index is 15.6. The summed E-state index contributed by atoms with van der Waals surface area (Å²) < 4.78 is 34.8. The molecular weight excluding hydrogens is 521 g/mol. The number of carbonyl (C=O) groups is 1. The maximum Gasteiger partial charge on any atom is 0.309 e. The molecule has 2 heterocycles. The van der Waals surface area contributed by atoms with Crippen LogP contribution in [0.25, 0.3) is 10.9 Å². The minimum atomic E-state index is -1.90. The summed E-state index contributed by atoms with van der Waals surface area (Å²) in [6.07, 6.45) is 5.55. The second-order valence-corrected chi connectivity index (χ2v) is 10.6. The van der Waals surface area contributed by atoms with Crippen LogP contribution in [0.4, 0.5) is 8.78 Å². The first kappa shape index (κ1) is 27.4. The Balaban J connectivity index is 1.39. The van der Waals surface area contributed by atoms with Gasteiger partial charge in [-0.3, -0.25) is 14.7 Å². The number of fused-ring (bicyclic) bond motifs is 1. The maximum atomic E-state index is 15.6. The van der Waals surface area contributed by atoms with E-state index in [-0.39, 0.29) is 24.3 Å². The van der Waals surface area contributed by atoms with Crippen molar-refractivity contribution in [1.82, 2.24) is 9.88 Å². The van der Waals surface area contributed by atoms with Crippen molar-refractivity contribution in [2.45, 2.75) is 43.4 Å². The predicted octanol–water partition coefficient (Wildman–Crippen LogP) is 6.65. The van der Waals surface area contributed by atoms with E-state index in [9.17, 15) is 14.3 Å². The number of rotatable bonds is 7. The fourth-order valence-electron chi connectivity index (χ4n) is 4.90. The Morgan fingerprint density at radius 3 is 2.78 bits per heavy atom. The molecule has 1 fully saturated rings. The van der Waals surface area contributed by atoms with Gasteiger partial charge < -0.3 is 9.84 Å². The van der Waals surface area contributed by atoms with Crippen molar-refractivity contribution in [3.63, 3.8) is 0 Å². The minimum absolute atomic E-state index is 0.0211. The number of methoxy groups -OCH3 is 1. The molecular formula is C28H28Cl2F2N2O3. The lowest BCUT2D eigenvalue weighted by Crippen LogP contribution is -2.44. The predicted molar refractivity (Wildman–Crippen MR) is 141 cm³/mol. The summed E-state index contributed by atoms with van der Waals surface area (Å²) in [7, 11) is 1.53. The van der Waals surface area contributed by atoms with E-state index in [2.05, 4.69) is 21.7 Å². The third-order valence-electron chi connectivity index (χ3n) is 7.14. The van der Waals surface area contributed by atoms with E-state index in [1.807, 2.05) is 0 Å². The number of carboxylic acids is 1. The molecule has 1 aliphatic heterocycles. The second-order valence-electron chi connectivity index (χ2n) is 9.56. The quantitative estimate of drug-likeness (QED) is 0.310. The van der Waals surface area contributed by atoms with E-state index in [1.165, 1.54) is 19.4 Å². The molecule has 1 aromatic carbocycles. The number of piperidine rings is 1. The lowest BCUT2D eigenvalue weighted by atomic mass is 9.74. The van der Waals surface area contributed by atoms with Gasteiger partial charge in [0.1, 0.15) is 11.9 Å². The number of allylic oxidation sites excluding steroid dienone is 4. The van der Waals surface area contributed by atoms with Crippen molar-refractivity contribution in [2.75, 3.05) is 26.7 Å². The molecule has 2 atom stereocenters. The van der Waals surface area contributed by atoms with Gasteiger partial charge in [-0.1, -0.05) is 47.2 Å². The smallest absolute Gasteiger partial charge is 0.309 e. The lowest BCUT2D eigenvalue weighted by Gasteiger charge is -2.38. The van der Waals surface area contributed by atoms with Gasteiger partial charge in [-0.2, -0.15) is 0 Å². The molecule has 9 heteroatoms. The molecule has 1 saturated heterocycles. The van der Waals surface area contributed by atoms with Crippen molar-refractivity contribution in [3.05, 3.63) is 58.8 Å². The average Bonchev–Trinajstić information content (AvgIpc) is 2.87. The molecule has 0 spiro atoms. The summed E-state index contributed by atoms with van der Waals surface area (Å²) in [5.74, 6) is 5.63. The van der Waals surface area contributed by atoms with Crippen molar-refractivity contribution in [3.8, 4) is 17.6 Å². The van der Waals surface area contributed by atoms with E-state index in [0.29, 0.717) is 60.3 Å². The van der Waals surface area contributed by atoms with Crippen LogP contribution in [-0.4, -0.2) is 52.8 Å².